The van der Waals surface area contributed by atoms with E-state index in [4.69, 9.17) is 0 Å². The molecule has 0 atom stereocenters. The molecule has 0 aromatic heterocycles. The number of nitrogens with one attached hydrogen (secondary N) is 2. The van der Waals surface area contributed by atoms with Crippen LogP contribution in [-0.2, 0) is 9.59 Å². The molecule has 4 nitrogen and oxygen atoms in total. The maximum absolute atomic E-state index is 11.4. The third-order valence-corrected chi connectivity index (χ3v) is 2.14. The number of hydrogen-bond acceptors (Lipinski definition) is 2. The zero-order valence-electron chi connectivity index (χ0n) is 7.30. The Labute approximate surface area is 76.7 Å². The standard InChI is InChI=1S/C9H12N2O2/c1-3-5-9(6-4-2)7(12)10-11-8(9)13/h3-4H,1-2,5-6H2,(H,10,12)(H,11,13). The fourth-order valence-corrected chi connectivity index (χ4v) is 1.40. The van der Waals surface area contributed by atoms with Crippen molar-refractivity contribution >= 4 is 11.8 Å². The van der Waals surface area contributed by atoms with E-state index in [1.54, 1.807) is 12.2 Å². The van der Waals surface area contributed by atoms with Crippen molar-refractivity contribution in [1.82, 2.24) is 10.9 Å². The van der Waals surface area contributed by atoms with Gasteiger partial charge in [0.05, 0.1) is 0 Å². The minimum Gasteiger partial charge on any atom is -0.272 e. The van der Waals surface area contributed by atoms with Gasteiger partial charge in [-0.15, -0.1) is 13.2 Å². The van der Waals surface area contributed by atoms with Crippen LogP contribution in [0.25, 0.3) is 0 Å². The molecule has 0 unspecified atom stereocenters. The van der Waals surface area contributed by atoms with Gasteiger partial charge < -0.3 is 0 Å². The first-order chi connectivity index (χ1) is 6.17. The lowest BCUT2D eigenvalue weighted by Crippen LogP contribution is -2.34. The molecule has 0 aromatic carbocycles. The zero-order chi connectivity index (χ0) is 9.90. The van der Waals surface area contributed by atoms with Crippen molar-refractivity contribution in [2.45, 2.75) is 12.8 Å². The lowest BCUT2D eigenvalue weighted by molar-refractivity contribution is -0.135. The molecule has 13 heavy (non-hydrogen) atoms. The highest BCUT2D eigenvalue weighted by atomic mass is 16.2. The summed E-state index contributed by atoms with van der Waals surface area (Å²) >= 11 is 0. The van der Waals surface area contributed by atoms with Gasteiger partial charge in [0.2, 0.25) is 0 Å². The van der Waals surface area contributed by atoms with Gasteiger partial charge in [0.15, 0.2) is 0 Å². The monoisotopic (exact) mass is 180 g/mol. The van der Waals surface area contributed by atoms with E-state index >= 15 is 0 Å². The van der Waals surface area contributed by atoms with Gasteiger partial charge >= 0.3 is 0 Å². The lowest BCUT2D eigenvalue weighted by atomic mass is 9.80. The van der Waals surface area contributed by atoms with E-state index in [9.17, 15) is 9.59 Å². The Morgan fingerprint density at radius 3 is 1.77 bits per heavy atom. The van der Waals surface area contributed by atoms with Gasteiger partial charge in [0.25, 0.3) is 11.8 Å². The fourth-order valence-electron chi connectivity index (χ4n) is 1.40. The second kappa shape index (κ2) is 3.43. The predicted octanol–water partition coefficient (Wildman–Crippen LogP) is 0.286. The maximum Gasteiger partial charge on any atom is 0.254 e. The summed E-state index contributed by atoms with van der Waals surface area (Å²) in [6.07, 6.45) is 3.79. The molecule has 0 aliphatic carbocycles. The van der Waals surface area contributed by atoms with Crippen molar-refractivity contribution in [3.8, 4) is 0 Å². The minimum absolute atomic E-state index is 0.308. The molecule has 1 heterocycles. The quantitative estimate of drug-likeness (QED) is 0.482. The maximum atomic E-state index is 11.4. The Bertz CT molecular complexity index is 243. The summed E-state index contributed by atoms with van der Waals surface area (Å²) in [5, 5.41) is 0. The summed E-state index contributed by atoms with van der Waals surface area (Å²) in [4.78, 5) is 22.8. The Balaban J connectivity index is 2.98. The summed E-state index contributed by atoms with van der Waals surface area (Å²) in [5.41, 5.74) is 3.57. The Morgan fingerprint density at radius 1 is 1.08 bits per heavy atom. The Kier molecular flexibility index (Phi) is 2.51. The number of hydrazine groups is 1. The number of allylic oxidation sites excluding steroid dienone is 2. The van der Waals surface area contributed by atoms with Gasteiger partial charge in [-0.25, -0.2) is 0 Å². The molecule has 1 aliphatic rings. The van der Waals surface area contributed by atoms with Crippen molar-refractivity contribution in [1.29, 1.82) is 0 Å². The van der Waals surface area contributed by atoms with E-state index in [1.807, 2.05) is 0 Å². The summed E-state index contributed by atoms with van der Waals surface area (Å²) in [7, 11) is 0. The van der Waals surface area contributed by atoms with Crippen LogP contribution < -0.4 is 10.9 Å². The van der Waals surface area contributed by atoms with E-state index < -0.39 is 5.41 Å². The molecule has 0 spiro atoms. The molecule has 1 aliphatic heterocycles. The van der Waals surface area contributed by atoms with Gasteiger partial charge in [0, 0.05) is 0 Å². The smallest absolute Gasteiger partial charge is 0.254 e. The number of carbonyl (C=O) groups excluding carboxylic acids is 2. The molecule has 0 aromatic rings. The van der Waals surface area contributed by atoms with Crippen LogP contribution in [-0.4, -0.2) is 11.8 Å². The highest BCUT2D eigenvalue weighted by Crippen LogP contribution is 2.30. The number of carbonyl (C=O) groups is 2. The normalized spacial score (nSPS) is 19.1. The van der Waals surface area contributed by atoms with Gasteiger partial charge in [-0.05, 0) is 12.8 Å². The van der Waals surface area contributed by atoms with Crippen molar-refractivity contribution in [2.75, 3.05) is 0 Å². The largest absolute Gasteiger partial charge is 0.272 e. The molecule has 0 saturated carbocycles. The first-order valence-corrected chi connectivity index (χ1v) is 4.00. The summed E-state index contributed by atoms with van der Waals surface area (Å²) in [5.74, 6) is -0.616. The summed E-state index contributed by atoms with van der Waals surface area (Å²) in [6.45, 7) is 7.05. The highest BCUT2D eigenvalue weighted by molar-refractivity contribution is 6.10. The van der Waals surface area contributed by atoms with Crippen LogP contribution in [0.15, 0.2) is 25.3 Å². The van der Waals surface area contributed by atoms with Gasteiger partial charge in [-0.3, -0.25) is 20.4 Å². The van der Waals surface area contributed by atoms with E-state index in [0.29, 0.717) is 12.8 Å². The number of amides is 2. The third-order valence-electron chi connectivity index (χ3n) is 2.14. The first kappa shape index (κ1) is 9.51. The van der Waals surface area contributed by atoms with Crippen molar-refractivity contribution in [2.24, 2.45) is 5.41 Å². The van der Waals surface area contributed by atoms with Gasteiger partial charge in [-0.1, -0.05) is 12.2 Å². The molecule has 2 amide bonds. The van der Waals surface area contributed by atoms with Crippen LogP contribution in [0.2, 0.25) is 0 Å². The minimum atomic E-state index is -1.02. The van der Waals surface area contributed by atoms with Gasteiger partial charge in [0.1, 0.15) is 5.41 Å². The van der Waals surface area contributed by atoms with Crippen LogP contribution in [0, 0.1) is 5.41 Å². The third kappa shape index (κ3) is 1.35. The van der Waals surface area contributed by atoms with Crippen molar-refractivity contribution in [3.63, 3.8) is 0 Å². The van der Waals surface area contributed by atoms with Crippen LogP contribution in [0.5, 0.6) is 0 Å². The lowest BCUT2D eigenvalue weighted by Gasteiger charge is -2.18. The van der Waals surface area contributed by atoms with E-state index in [-0.39, 0.29) is 11.8 Å². The number of rotatable bonds is 4. The molecule has 70 valence electrons. The van der Waals surface area contributed by atoms with Crippen LogP contribution in [0.1, 0.15) is 12.8 Å². The summed E-state index contributed by atoms with van der Waals surface area (Å²) in [6, 6.07) is 0. The molecular formula is C9H12N2O2. The second-order valence-corrected chi connectivity index (χ2v) is 2.98. The molecule has 1 saturated heterocycles. The average Bonchev–Trinajstić information content (AvgIpc) is 2.35. The van der Waals surface area contributed by atoms with E-state index in [1.165, 1.54) is 0 Å². The topological polar surface area (TPSA) is 58.2 Å². The van der Waals surface area contributed by atoms with E-state index in [2.05, 4.69) is 24.0 Å². The molecule has 2 N–H and O–H groups in total. The molecular weight excluding hydrogens is 168 g/mol. The highest BCUT2D eigenvalue weighted by Gasteiger charge is 2.48. The molecule has 0 bridgehead atoms. The zero-order valence-corrected chi connectivity index (χ0v) is 7.30. The van der Waals surface area contributed by atoms with Gasteiger partial charge in [-0.2, -0.15) is 0 Å². The van der Waals surface area contributed by atoms with E-state index in [0.717, 1.165) is 0 Å². The van der Waals surface area contributed by atoms with Crippen LogP contribution in [0.4, 0.5) is 0 Å². The second-order valence-electron chi connectivity index (χ2n) is 2.98. The van der Waals surface area contributed by atoms with Crippen LogP contribution in [0.3, 0.4) is 0 Å². The predicted molar refractivity (Wildman–Crippen MR) is 48.3 cm³/mol. The molecule has 1 rings (SSSR count). The molecule has 1 fully saturated rings. The Morgan fingerprint density at radius 2 is 1.46 bits per heavy atom. The summed E-state index contributed by atoms with van der Waals surface area (Å²) < 4.78 is 0. The van der Waals surface area contributed by atoms with Crippen LogP contribution >= 0.6 is 0 Å². The first-order valence-electron chi connectivity index (χ1n) is 4.00. The SMILES string of the molecule is C=CCC1(CC=C)C(=O)NNC1=O. The Hall–Kier alpha value is -1.58. The molecule has 4 heteroatoms. The van der Waals surface area contributed by atoms with Crippen molar-refractivity contribution in [3.05, 3.63) is 25.3 Å². The van der Waals surface area contributed by atoms with Crippen molar-refractivity contribution < 1.29 is 9.59 Å². The average molecular weight is 180 g/mol. The molecule has 0 radical (unpaired) electrons. The number of hydrogen-bond donors (Lipinski definition) is 2. The fraction of sp³-hybridized carbons (Fsp3) is 0.333.